The maximum absolute atomic E-state index is 12.3. The van der Waals surface area contributed by atoms with Crippen LogP contribution < -0.4 is 11.1 Å². The molecule has 6 nitrogen and oxygen atoms in total. The monoisotopic (exact) mass is 394 g/mol. The van der Waals surface area contributed by atoms with E-state index in [1.165, 1.54) is 28.4 Å². The first-order valence-electron chi connectivity index (χ1n) is 7.09. The van der Waals surface area contributed by atoms with Gasteiger partial charge in [-0.25, -0.2) is 0 Å². The molecule has 2 heterocycles. The van der Waals surface area contributed by atoms with Crippen LogP contribution in [0.5, 0.6) is 0 Å². The number of carbonyl (C=O) groups excluding carboxylic acids is 2. The van der Waals surface area contributed by atoms with Gasteiger partial charge in [0.2, 0.25) is 5.91 Å². The van der Waals surface area contributed by atoms with Crippen molar-refractivity contribution in [2.24, 2.45) is 5.73 Å². The summed E-state index contributed by atoms with van der Waals surface area (Å²) in [6, 6.07) is 8.78. The lowest BCUT2D eigenvalue weighted by Crippen LogP contribution is -2.18. The van der Waals surface area contributed by atoms with Crippen molar-refractivity contribution in [2.45, 2.75) is 6.54 Å². The quantitative estimate of drug-likeness (QED) is 0.691. The van der Waals surface area contributed by atoms with Gasteiger partial charge in [-0.15, -0.1) is 11.3 Å². The Morgan fingerprint density at radius 3 is 2.60 bits per heavy atom. The van der Waals surface area contributed by atoms with Crippen LogP contribution in [0.15, 0.2) is 42.7 Å². The number of primary amides is 1. The van der Waals surface area contributed by atoms with E-state index in [0.29, 0.717) is 20.6 Å². The highest BCUT2D eigenvalue weighted by Crippen LogP contribution is 2.32. The zero-order chi connectivity index (χ0) is 18.0. The summed E-state index contributed by atoms with van der Waals surface area (Å²) in [5.74, 6) is -0.785. The number of aromatic nitrogens is 2. The zero-order valence-electron chi connectivity index (χ0n) is 12.7. The van der Waals surface area contributed by atoms with Crippen LogP contribution in [-0.4, -0.2) is 21.6 Å². The highest BCUT2D eigenvalue weighted by molar-refractivity contribution is 7.17. The van der Waals surface area contributed by atoms with E-state index in [-0.39, 0.29) is 12.5 Å². The van der Waals surface area contributed by atoms with E-state index in [4.69, 9.17) is 28.9 Å². The van der Waals surface area contributed by atoms with Crippen molar-refractivity contribution in [2.75, 3.05) is 5.32 Å². The Bertz CT molecular complexity index is 931. The number of halogens is 2. The molecular weight excluding hydrogens is 383 g/mol. The van der Waals surface area contributed by atoms with Crippen LogP contribution >= 0.6 is 34.5 Å². The summed E-state index contributed by atoms with van der Waals surface area (Å²) in [5, 5.41) is 7.74. The molecular formula is C16H12Cl2N4O2S. The number of nitrogens with one attached hydrogen (secondary N) is 1. The number of thiophene rings is 1. The van der Waals surface area contributed by atoms with E-state index < -0.39 is 5.91 Å². The van der Waals surface area contributed by atoms with E-state index in [2.05, 4.69) is 10.4 Å². The lowest BCUT2D eigenvalue weighted by molar-refractivity contribution is -0.118. The van der Waals surface area contributed by atoms with E-state index in [9.17, 15) is 9.59 Å². The molecule has 0 radical (unpaired) electrons. The van der Waals surface area contributed by atoms with Crippen LogP contribution in [-0.2, 0) is 11.3 Å². The smallest absolute Gasteiger partial charge is 0.265 e. The molecule has 0 saturated carbocycles. The van der Waals surface area contributed by atoms with Crippen LogP contribution in [0.2, 0.25) is 10.0 Å². The predicted molar refractivity (Wildman–Crippen MR) is 99.1 cm³/mol. The third-order valence-corrected chi connectivity index (χ3v) is 4.76. The van der Waals surface area contributed by atoms with Crippen molar-refractivity contribution in [1.82, 2.24) is 9.78 Å². The fraction of sp³-hybridized carbons (Fsp3) is 0.0625. The van der Waals surface area contributed by atoms with Gasteiger partial charge in [-0.05, 0) is 35.9 Å². The molecule has 0 saturated heterocycles. The molecule has 3 aromatic rings. The van der Waals surface area contributed by atoms with Crippen molar-refractivity contribution in [1.29, 1.82) is 0 Å². The Morgan fingerprint density at radius 1 is 1.20 bits per heavy atom. The molecule has 0 atom stereocenters. The fourth-order valence-corrected chi connectivity index (χ4v) is 3.59. The second-order valence-electron chi connectivity index (χ2n) is 5.17. The van der Waals surface area contributed by atoms with Gasteiger partial charge in [0.1, 0.15) is 6.54 Å². The Kier molecular flexibility index (Phi) is 5.08. The van der Waals surface area contributed by atoms with E-state index in [1.54, 1.807) is 24.3 Å². The number of hydrogen-bond acceptors (Lipinski definition) is 4. The van der Waals surface area contributed by atoms with Crippen LogP contribution in [0.4, 0.5) is 5.69 Å². The summed E-state index contributed by atoms with van der Waals surface area (Å²) in [6.45, 7) is -0.0471. The van der Waals surface area contributed by atoms with Gasteiger partial charge in [0.15, 0.2) is 0 Å². The van der Waals surface area contributed by atoms with Gasteiger partial charge < -0.3 is 11.1 Å². The number of rotatable bonds is 5. The summed E-state index contributed by atoms with van der Waals surface area (Å²) >= 11 is 13.3. The number of carbonyl (C=O) groups is 2. The lowest BCUT2D eigenvalue weighted by atomic mass is 10.2. The van der Waals surface area contributed by atoms with Gasteiger partial charge >= 0.3 is 0 Å². The predicted octanol–water partition coefficient (Wildman–Crippen LogP) is 3.66. The molecule has 0 unspecified atom stereocenters. The molecule has 1 aromatic carbocycles. The van der Waals surface area contributed by atoms with Crippen LogP contribution in [0, 0.1) is 0 Å². The van der Waals surface area contributed by atoms with Gasteiger partial charge in [-0.3, -0.25) is 14.3 Å². The number of anilines is 1. The average molecular weight is 395 g/mol. The fourth-order valence-electron chi connectivity index (χ4n) is 2.18. The Hall–Kier alpha value is -2.35. The van der Waals surface area contributed by atoms with E-state index in [1.807, 2.05) is 6.07 Å². The first-order valence-corrected chi connectivity index (χ1v) is 8.66. The minimum Gasteiger partial charge on any atom is -0.368 e. The average Bonchev–Trinajstić information content (AvgIpc) is 3.15. The lowest BCUT2D eigenvalue weighted by Gasteiger charge is -2.01. The van der Waals surface area contributed by atoms with Crippen LogP contribution in [0.3, 0.4) is 0 Å². The van der Waals surface area contributed by atoms with Crippen molar-refractivity contribution in [3.63, 3.8) is 0 Å². The second-order valence-corrected chi connectivity index (χ2v) is 7.13. The van der Waals surface area contributed by atoms with Crippen molar-refractivity contribution >= 4 is 52.0 Å². The molecule has 0 spiro atoms. The molecule has 25 heavy (non-hydrogen) atoms. The maximum Gasteiger partial charge on any atom is 0.265 e. The van der Waals surface area contributed by atoms with Crippen LogP contribution in [0.25, 0.3) is 10.4 Å². The number of amides is 2. The summed E-state index contributed by atoms with van der Waals surface area (Å²) in [6.07, 6.45) is 2.99. The number of nitrogens with zero attached hydrogens (tertiary/aromatic N) is 2. The maximum atomic E-state index is 12.3. The Labute approximate surface area is 157 Å². The summed E-state index contributed by atoms with van der Waals surface area (Å²) in [5.41, 5.74) is 6.42. The highest BCUT2D eigenvalue weighted by Gasteiger charge is 2.12. The van der Waals surface area contributed by atoms with Crippen molar-refractivity contribution in [3.8, 4) is 10.4 Å². The number of benzene rings is 1. The molecule has 2 amide bonds. The molecule has 3 rings (SSSR count). The minimum absolute atomic E-state index is 0.0471. The molecule has 0 aliphatic heterocycles. The van der Waals surface area contributed by atoms with Gasteiger partial charge in [-0.2, -0.15) is 5.10 Å². The summed E-state index contributed by atoms with van der Waals surface area (Å²) < 4.78 is 1.35. The number of hydrogen-bond donors (Lipinski definition) is 2. The second kappa shape index (κ2) is 7.26. The van der Waals surface area contributed by atoms with Gasteiger partial charge in [0, 0.05) is 21.1 Å². The molecule has 3 N–H and O–H groups in total. The Balaban J connectivity index is 1.74. The zero-order valence-corrected chi connectivity index (χ0v) is 15.0. The van der Waals surface area contributed by atoms with Crippen LogP contribution in [0.1, 0.15) is 9.67 Å². The largest absolute Gasteiger partial charge is 0.368 e. The van der Waals surface area contributed by atoms with Crippen molar-refractivity contribution in [3.05, 3.63) is 57.6 Å². The molecule has 0 aliphatic rings. The SMILES string of the molecule is NC(=O)Cn1cc(NC(=O)c2ccc(-c3cc(Cl)cc(Cl)c3)s2)cn1. The molecule has 9 heteroatoms. The highest BCUT2D eigenvalue weighted by atomic mass is 35.5. The van der Waals surface area contributed by atoms with Crippen molar-refractivity contribution < 1.29 is 9.59 Å². The molecule has 128 valence electrons. The summed E-state index contributed by atoms with van der Waals surface area (Å²) in [4.78, 5) is 24.6. The normalized spacial score (nSPS) is 10.6. The first kappa shape index (κ1) is 17.5. The van der Waals surface area contributed by atoms with Gasteiger partial charge in [0.05, 0.1) is 16.8 Å². The molecule has 0 aliphatic carbocycles. The first-order chi connectivity index (χ1) is 11.9. The molecule has 2 aromatic heterocycles. The molecule has 0 fully saturated rings. The van der Waals surface area contributed by atoms with Gasteiger partial charge in [-0.1, -0.05) is 23.2 Å². The molecule has 0 bridgehead atoms. The van der Waals surface area contributed by atoms with E-state index in [0.717, 1.165) is 10.4 Å². The Morgan fingerprint density at radius 2 is 1.92 bits per heavy atom. The minimum atomic E-state index is -0.510. The third-order valence-electron chi connectivity index (χ3n) is 3.19. The standard InChI is InChI=1S/C16H12Cl2N4O2S/c17-10-3-9(4-11(18)5-10)13-1-2-14(25-13)16(24)21-12-6-20-22(7-12)8-15(19)23/h1-7H,8H2,(H2,19,23)(H,21,24). The third kappa shape index (κ3) is 4.39. The topological polar surface area (TPSA) is 90.0 Å². The number of nitrogens with two attached hydrogens (primary N) is 1. The summed E-state index contributed by atoms with van der Waals surface area (Å²) in [7, 11) is 0. The van der Waals surface area contributed by atoms with Gasteiger partial charge in [0.25, 0.3) is 5.91 Å². The van der Waals surface area contributed by atoms with E-state index >= 15 is 0 Å².